The molecule has 3 N–H and O–H groups in total. The topological polar surface area (TPSA) is 107 Å². The summed E-state index contributed by atoms with van der Waals surface area (Å²) in [5, 5.41) is 27.3. The Hall–Kier alpha value is -0.320. The van der Waals surface area contributed by atoms with Crippen LogP contribution in [0.15, 0.2) is 0 Å². The Bertz CT molecular complexity index is 341. The van der Waals surface area contributed by atoms with Crippen LogP contribution in [0.2, 0.25) is 0 Å². The summed E-state index contributed by atoms with van der Waals surface area (Å²) in [5.74, 6) is 0. The zero-order chi connectivity index (χ0) is 16.2. The van der Waals surface area contributed by atoms with E-state index in [0.717, 1.165) is 0 Å². The smallest absolute Gasteiger partial charge is 0.117 e. The molecule has 0 saturated carbocycles. The molecule has 8 heteroatoms. The summed E-state index contributed by atoms with van der Waals surface area (Å²) in [6, 6.07) is 0. The quantitative estimate of drug-likeness (QED) is 0.461. The van der Waals surface area contributed by atoms with Crippen molar-refractivity contribution in [3.63, 3.8) is 0 Å². The molecule has 2 saturated heterocycles. The highest BCUT2D eigenvalue weighted by molar-refractivity contribution is 5.03. The zero-order valence-electron chi connectivity index (χ0n) is 13.0. The lowest BCUT2D eigenvalue weighted by molar-refractivity contribution is -0.121. The molecular weight excluding hydrogens is 296 g/mol. The first-order chi connectivity index (χ1) is 10.5. The van der Waals surface area contributed by atoms with Crippen LogP contribution in [-0.2, 0) is 23.7 Å². The van der Waals surface area contributed by atoms with Gasteiger partial charge in [0.15, 0.2) is 0 Å². The molecule has 2 unspecified atom stereocenters. The van der Waals surface area contributed by atoms with Crippen molar-refractivity contribution in [2.24, 2.45) is 0 Å². The van der Waals surface area contributed by atoms with Crippen molar-refractivity contribution in [2.75, 3.05) is 46.8 Å². The Kier molecular flexibility index (Phi) is 6.54. The molecule has 2 aliphatic rings. The van der Waals surface area contributed by atoms with E-state index in [9.17, 15) is 10.2 Å². The van der Waals surface area contributed by atoms with Gasteiger partial charge in [-0.3, -0.25) is 0 Å². The fourth-order valence-electron chi connectivity index (χ4n) is 2.71. The number of fused-ring (bicyclic) bond motifs is 1. The van der Waals surface area contributed by atoms with Crippen LogP contribution in [0.3, 0.4) is 0 Å². The van der Waals surface area contributed by atoms with Gasteiger partial charge in [-0.15, -0.1) is 0 Å². The van der Waals surface area contributed by atoms with E-state index in [1.54, 1.807) is 7.11 Å². The molecule has 2 heterocycles. The number of aliphatic hydroxyl groups is 3. The molecule has 0 spiro atoms. The van der Waals surface area contributed by atoms with E-state index in [1.807, 2.05) is 6.92 Å². The number of hydrogen-bond donors (Lipinski definition) is 3. The molecule has 2 aliphatic heterocycles. The molecule has 2 fully saturated rings. The third-order valence-electron chi connectivity index (χ3n) is 4.13. The number of methoxy groups -OCH3 is 1. The third kappa shape index (κ3) is 3.95. The lowest BCUT2D eigenvalue weighted by Gasteiger charge is -2.26. The van der Waals surface area contributed by atoms with E-state index < -0.39 is 17.8 Å². The minimum atomic E-state index is -0.931. The number of rotatable bonds is 9. The maximum atomic E-state index is 9.37. The van der Waals surface area contributed by atoms with Crippen LogP contribution in [0, 0.1) is 0 Å². The molecule has 0 aromatic heterocycles. The van der Waals surface area contributed by atoms with Crippen molar-refractivity contribution >= 4 is 0 Å². The van der Waals surface area contributed by atoms with Crippen LogP contribution in [-0.4, -0.2) is 98.2 Å². The second-order valence-electron chi connectivity index (χ2n) is 5.90. The predicted octanol–water partition coefficient (Wildman–Crippen LogP) is -1.69. The first kappa shape index (κ1) is 18.0. The Labute approximate surface area is 129 Å². The molecule has 0 radical (unpaired) electrons. The Morgan fingerprint density at radius 3 is 2.64 bits per heavy atom. The highest BCUT2D eigenvalue weighted by Crippen LogP contribution is 2.37. The first-order valence-electron chi connectivity index (χ1n) is 7.45. The SMILES string of the molecule is CO[C@@]1(C)CO[C@@H]2[C@H](OC(CO)COCC(O)CO)CO[C@@H]21. The second-order valence-corrected chi connectivity index (χ2v) is 5.90. The normalized spacial score (nSPS) is 37.2. The van der Waals surface area contributed by atoms with Crippen molar-refractivity contribution in [1.82, 2.24) is 0 Å². The first-order valence-corrected chi connectivity index (χ1v) is 7.45. The van der Waals surface area contributed by atoms with Gasteiger partial charge < -0.3 is 39.0 Å². The maximum Gasteiger partial charge on any atom is 0.117 e. The Morgan fingerprint density at radius 2 is 2.00 bits per heavy atom. The van der Waals surface area contributed by atoms with Crippen LogP contribution in [0.4, 0.5) is 0 Å². The second kappa shape index (κ2) is 7.98. The molecule has 22 heavy (non-hydrogen) atoms. The summed E-state index contributed by atoms with van der Waals surface area (Å²) >= 11 is 0. The van der Waals surface area contributed by atoms with Crippen LogP contribution < -0.4 is 0 Å². The van der Waals surface area contributed by atoms with Crippen LogP contribution in [0.25, 0.3) is 0 Å². The van der Waals surface area contributed by atoms with Crippen molar-refractivity contribution in [2.45, 2.75) is 43.0 Å². The van der Waals surface area contributed by atoms with Gasteiger partial charge in [-0.25, -0.2) is 0 Å². The molecular formula is C14H26O8. The van der Waals surface area contributed by atoms with Gasteiger partial charge in [0.25, 0.3) is 0 Å². The van der Waals surface area contributed by atoms with Crippen LogP contribution in [0.1, 0.15) is 6.92 Å². The Balaban J connectivity index is 1.80. The number of ether oxygens (including phenoxy) is 5. The van der Waals surface area contributed by atoms with Crippen molar-refractivity contribution in [3.8, 4) is 0 Å². The van der Waals surface area contributed by atoms with E-state index in [0.29, 0.717) is 13.2 Å². The molecule has 0 aromatic carbocycles. The van der Waals surface area contributed by atoms with E-state index >= 15 is 0 Å². The zero-order valence-corrected chi connectivity index (χ0v) is 13.0. The van der Waals surface area contributed by atoms with E-state index in [2.05, 4.69) is 0 Å². The largest absolute Gasteiger partial charge is 0.394 e. The van der Waals surface area contributed by atoms with Gasteiger partial charge in [-0.1, -0.05) is 0 Å². The van der Waals surface area contributed by atoms with Gasteiger partial charge in [0.1, 0.15) is 36.1 Å². The average molecular weight is 322 g/mol. The van der Waals surface area contributed by atoms with Gasteiger partial charge in [0.2, 0.25) is 0 Å². The average Bonchev–Trinajstić information content (AvgIpc) is 3.08. The highest BCUT2D eigenvalue weighted by Gasteiger charge is 2.55. The minimum absolute atomic E-state index is 0.0121. The molecule has 0 amide bonds. The van der Waals surface area contributed by atoms with E-state index in [4.69, 9.17) is 28.8 Å². The number of hydrogen-bond acceptors (Lipinski definition) is 8. The fourth-order valence-corrected chi connectivity index (χ4v) is 2.71. The maximum absolute atomic E-state index is 9.37. The summed E-state index contributed by atoms with van der Waals surface area (Å²) in [7, 11) is 1.63. The minimum Gasteiger partial charge on any atom is -0.394 e. The molecule has 6 atom stereocenters. The van der Waals surface area contributed by atoms with Crippen LogP contribution >= 0.6 is 0 Å². The molecule has 0 bridgehead atoms. The third-order valence-corrected chi connectivity index (χ3v) is 4.13. The number of aliphatic hydroxyl groups excluding tert-OH is 3. The molecule has 0 aliphatic carbocycles. The van der Waals surface area contributed by atoms with Crippen LogP contribution in [0.5, 0.6) is 0 Å². The Morgan fingerprint density at radius 1 is 1.23 bits per heavy atom. The van der Waals surface area contributed by atoms with Crippen molar-refractivity contribution in [1.29, 1.82) is 0 Å². The van der Waals surface area contributed by atoms with E-state index in [1.165, 1.54) is 0 Å². The summed E-state index contributed by atoms with van der Waals surface area (Å²) in [4.78, 5) is 0. The summed E-state index contributed by atoms with van der Waals surface area (Å²) in [5.41, 5.74) is -0.487. The molecule has 130 valence electrons. The molecule has 0 aromatic rings. The lowest BCUT2D eigenvalue weighted by atomic mass is 9.98. The summed E-state index contributed by atoms with van der Waals surface area (Å²) in [6.07, 6.45) is -2.21. The predicted molar refractivity (Wildman–Crippen MR) is 74.6 cm³/mol. The summed E-state index contributed by atoms with van der Waals surface area (Å²) < 4.78 is 28.0. The standard InChI is InChI=1S/C14H26O8/c1-14(18-2)8-21-12-11(7-20-13(12)14)22-10(4-16)6-19-5-9(17)3-15/h9-13,15-17H,3-8H2,1-2H3/t9?,10?,11-,12-,13+,14+/m1/s1. The van der Waals surface area contributed by atoms with Gasteiger partial charge in [0, 0.05) is 7.11 Å². The van der Waals surface area contributed by atoms with Crippen molar-refractivity contribution in [3.05, 3.63) is 0 Å². The highest BCUT2D eigenvalue weighted by atomic mass is 16.7. The lowest BCUT2D eigenvalue weighted by Crippen LogP contribution is -2.43. The van der Waals surface area contributed by atoms with Crippen molar-refractivity contribution < 1.29 is 39.0 Å². The fraction of sp³-hybridized carbons (Fsp3) is 1.00. The molecule has 2 rings (SSSR count). The monoisotopic (exact) mass is 322 g/mol. The van der Waals surface area contributed by atoms with Gasteiger partial charge in [0.05, 0.1) is 39.6 Å². The van der Waals surface area contributed by atoms with Gasteiger partial charge in [-0.05, 0) is 6.92 Å². The summed E-state index contributed by atoms with van der Waals surface area (Å²) in [6.45, 7) is 2.25. The van der Waals surface area contributed by atoms with Gasteiger partial charge in [-0.2, -0.15) is 0 Å². The van der Waals surface area contributed by atoms with Gasteiger partial charge >= 0.3 is 0 Å². The molecule has 8 nitrogen and oxygen atoms in total. The van der Waals surface area contributed by atoms with E-state index in [-0.39, 0.29) is 44.7 Å².